The quantitative estimate of drug-likeness (QED) is 0.796. The summed E-state index contributed by atoms with van der Waals surface area (Å²) in [6.45, 7) is 3.60. The van der Waals surface area contributed by atoms with E-state index in [0.29, 0.717) is 31.0 Å². The minimum absolute atomic E-state index is 0.149. The van der Waals surface area contributed by atoms with Crippen LogP contribution in [0.15, 0.2) is 24.5 Å². The summed E-state index contributed by atoms with van der Waals surface area (Å²) in [6.07, 6.45) is 10.4. The van der Waals surface area contributed by atoms with Crippen LogP contribution in [0.25, 0.3) is 0 Å². The van der Waals surface area contributed by atoms with E-state index >= 15 is 0 Å². The van der Waals surface area contributed by atoms with Crippen LogP contribution in [0.4, 0.5) is 0 Å². The molecule has 1 spiro atoms. The number of ether oxygens (including phenoxy) is 2. The highest BCUT2D eigenvalue weighted by Crippen LogP contribution is 2.41. The first-order valence-corrected chi connectivity index (χ1v) is 9.63. The smallest absolute Gasteiger partial charge is 0.223 e. The first-order chi connectivity index (χ1) is 12.3. The molecular weight excluding hydrogens is 316 g/mol. The van der Waals surface area contributed by atoms with Crippen molar-refractivity contribution in [1.82, 2.24) is 9.88 Å². The van der Waals surface area contributed by atoms with Gasteiger partial charge >= 0.3 is 0 Å². The Hall–Kier alpha value is -1.46. The maximum absolute atomic E-state index is 12.5. The average molecular weight is 344 g/mol. The van der Waals surface area contributed by atoms with Crippen molar-refractivity contribution in [2.45, 2.75) is 50.7 Å². The van der Waals surface area contributed by atoms with Crippen molar-refractivity contribution in [2.24, 2.45) is 11.8 Å². The van der Waals surface area contributed by atoms with E-state index in [4.69, 9.17) is 9.47 Å². The lowest BCUT2D eigenvalue weighted by atomic mass is 9.81. The zero-order valence-electron chi connectivity index (χ0n) is 14.9. The Morgan fingerprint density at radius 1 is 1.24 bits per heavy atom. The van der Waals surface area contributed by atoms with E-state index in [9.17, 15) is 4.79 Å². The van der Waals surface area contributed by atoms with Gasteiger partial charge in [0.05, 0.1) is 26.3 Å². The molecule has 5 heteroatoms. The van der Waals surface area contributed by atoms with Gasteiger partial charge in [-0.25, -0.2) is 0 Å². The second-order valence-electron chi connectivity index (χ2n) is 7.87. The fourth-order valence-corrected chi connectivity index (χ4v) is 4.53. The van der Waals surface area contributed by atoms with E-state index in [0.717, 1.165) is 38.1 Å². The number of amides is 1. The highest BCUT2D eigenvalue weighted by molar-refractivity contribution is 5.77. The van der Waals surface area contributed by atoms with Gasteiger partial charge in [-0.3, -0.25) is 9.78 Å². The molecule has 1 aliphatic carbocycles. The van der Waals surface area contributed by atoms with Crippen molar-refractivity contribution < 1.29 is 14.3 Å². The molecule has 5 nitrogen and oxygen atoms in total. The van der Waals surface area contributed by atoms with Crippen molar-refractivity contribution >= 4 is 5.91 Å². The van der Waals surface area contributed by atoms with E-state index in [1.807, 2.05) is 17.0 Å². The van der Waals surface area contributed by atoms with Gasteiger partial charge in [-0.15, -0.1) is 0 Å². The van der Waals surface area contributed by atoms with Crippen LogP contribution in [0.1, 0.15) is 44.1 Å². The van der Waals surface area contributed by atoms with Crippen LogP contribution in [0, 0.1) is 11.8 Å². The Morgan fingerprint density at radius 3 is 2.76 bits per heavy atom. The topological polar surface area (TPSA) is 51.7 Å². The van der Waals surface area contributed by atoms with Crippen molar-refractivity contribution in [3.8, 4) is 0 Å². The number of pyridine rings is 1. The summed E-state index contributed by atoms with van der Waals surface area (Å²) < 4.78 is 12.0. The normalized spacial score (nSPS) is 25.4. The minimum Gasteiger partial charge on any atom is -0.376 e. The lowest BCUT2D eigenvalue weighted by Crippen LogP contribution is -2.66. The molecule has 2 saturated heterocycles. The molecular formula is C20H28N2O3. The molecule has 1 aromatic rings. The first kappa shape index (κ1) is 17.0. The second kappa shape index (κ2) is 7.42. The van der Waals surface area contributed by atoms with Crippen LogP contribution in [0.5, 0.6) is 0 Å². The van der Waals surface area contributed by atoms with Crippen molar-refractivity contribution in [3.63, 3.8) is 0 Å². The Kier molecular flexibility index (Phi) is 5.04. The fourth-order valence-electron chi connectivity index (χ4n) is 4.53. The number of rotatable bonds is 6. The number of carbonyl (C=O) groups is 1. The average Bonchev–Trinajstić information content (AvgIpc) is 3.24. The molecule has 3 aliphatic rings. The summed E-state index contributed by atoms with van der Waals surface area (Å²) in [4.78, 5) is 18.5. The predicted molar refractivity (Wildman–Crippen MR) is 93.8 cm³/mol. The van der Waals surface area contributed by atoms with Crippen molar-refractivity contribution in [2.75, 3.05) is 26.3 Å². The van der Waals surface area contributed by atoms with Gasteiger partial charge in [-0.2, -0.15) is 0 Å². The fraction of sp³-hybridized carbons (Fsp3) is 0.700. The molecule has 1 atom stereocenters. The maximum atomic E-state index is 12.5. The minimum atomic E-state index is -0.149. The van der Waals surface area contributed by atoms with Crippen LogP contribution in [-0.2, 0) is 20.9 Å². The Balaban J connectivity index is 1.24. The molecule has 1 aromatic heterocycles. The van der Waals surface area contributed by atoms with Crippen LogP contribution in [-0.4, -0.2) is 47.7 Å². The molecule has 1 amide bonds. The third kappa shape index (κ3) is 3.72. The van der Waals surface area contributed by atoms with Crippen LogP contribution >= 0.6 is 0 Å². The summed E-state index contributed by atoms with van der Waals surface area (Å²) in [6, 6.07) is 3.96. The Labute approximate surface area is 149 Å². The predicted octanol–water partition coefficient (Wildman–Crippen LogP) is 2.80. The van der Waals surface area contributed by atoms with Gasteiger partial charge in [-0.1, -0.05) is 12.8 Å². The van der Waals surface area contributed by atoms with E-state index in [1.165, 1.54) is 25.7 Å². The summed E-state index contributed by atoms with van der Waals surface area (Å²) >= 11 is 0. The Bertz CT molecular complexity index is 580. The molecule has 1 saturated carbocycles. The van der Waals surface area contributed by atoms with E-state index < -0.39 is 0 Å². The maximum Gasteiger partial charge on any atom is 0.223 e. The second-order valence-corrected chi connectivity index (χ2v) is 7.87. The van der Waals surface area contributed by atoms with Gasteiger partial charge in [0.15, 0.2) is 0 Å². The number of hydrogen-bond acceptors (Lipinski definition) is 4. The van der Waals surface area contributed by atoms with E-state index in [2.05, 4.69) is 4.98 Å². The van der Waals surface area contributed by atoms with Gasteiger partial charge in [0.25, 0.3) is 0 Å². The summed E-state index contributed by atoms with van der Waals surface area (Å²) in [5.41, 5.74) is 0.994. The molecule has 3 fully saturated rings. The summed E-state index contributed by atoms with van der Waals surface area (Å²) in [5.74, 6) is 1.34. The number of aromatic nitrogens is 1. The van der Waals surface area contributed by atoms with Gasteiger partial charge < -0.3 is 14.4 Å². The van der Waals surface area contributed by atoms with Crippen molar-refractivity contribution in [3.05, 3.63) is 30.1 Å². The van der Waals surface area contributed by atoms with Gasteiger partial charge in [0.2, 0.25) is 5.91 Å². The molecule has 0 radical (unpaired) electrons. The summed E-state index contributed by atoms with van der Waals surface area (Å²) in [5, 5.41) is 0. The number of hydrogen-bond donors (Lipinski definition) is 0. The highest BCUT2D eigenvalue weighted by Gasteiger charge is 2.54. The monoisotopic (exact) mass is 344 g/mol. The molecule has 25 heavy (non-hydrogen) atoms. The molecule has 2 aliphatic heterocycles. The van der Waals surface area contributed by atoms with Gasteiger partial charge in [0, 0.05) is 31.3 Å². The van der Waals surface area contributed by atoms with Crippen LogP contribution in [0.3, 0.4) is 0 Å². The molecule has 1 unspecified atom stereocenters. The number of carbonyl (C=O) groups excluding carboxylic acids is 1. The Morgan fingerprint density at radius 2 is 2.00 bits per heavy atom. The lowest BCUT2D eigenvalue weighted by molar-refractivity contribution is -0.169. The zero-order valence-corrected chi connectivity index (χ0v) is 14.9. The highest BCUT2D eigenvalue weighted by atomic mass is 16.5. The zero-order chi connectivity index (χ0) is 17.1. The largest absolute Gasteiger partial charge is 0.376 e. The summed E-state index contributed by atoms with van der Waals surface area (Å²) in [7, 11) is 0. The van der Waals surface area contributed by atoms with E-state index in [1.54, 1.807) is 12.4 Å². The van der Waals surface area contributed by atoms with Crippen molar-refractivity contribution in [1.29, 1.82) is 0 Å². The van der Waals surface area contributed by atoms with Gasteiger partial charge in [0.1, 0.15) is 5.60 Å². The van der Waals surface area contributed by atoms with E-state index in [-0.39, 0.29) is 5.60 Å². The van der Waals surface area contributed by atoms with Gasteiger partial charge in [-0.05, 0) is 42.9 Å². The molecule has 0 N–H and O–H groups in total. The van der Waals surface area contributed by atoms with Crippen LogP contribution in [0.2, 0.25) is 0 Å². The standard InChI is InChI=1S/C20H28N2O3/c23-19(11-16-3-1-2-4-16)22-14-20(15-22)18(7-10-25-20)13-24-12-17-5-8-21-9-6-17/h5-6,8-9,16,18H,1-4,7,10-15H2. The number of likely N-dealkylation sites (tertiary alicyclic amines) is 1. The van der Waals surface area contributed by atoms with Crippen LogP contribution < -0.4 is 0 Å². The molecule has 3 heterocycles. The third-order valence-electron chi connectivity index (χ3n) is 6.14. The molecule has 0 bridgehead atoms. The third-order valence-corrected chi connectivity index (χ3v) is 6.14. The lowest BCUT2D eigenvalue weighted by Gasteiger charge is -2.50. The molecule has 0 aromatic carbocycles. The number of nitrogens with zero attached hydrogens (tertiary/aromatic N) is 2. The first-order valence-electron chi connectivity index (χ1n) is 9.63. The molecule has 136 valence electrons. The molecule has 4 rings (SSSR count). The SMILES string of the molecule is O=C(CC1CCCC1)N1CC2(C1)OCCC2COCc1ccncc1.